The highest BCUT2D eigenvalue weighted by atomic mass is 16.3. The van der Waals surface area contributed by atoms with E-state index in [1.54, 1.807) is 18.2 Å². The molecular formula is C14H16N2O3. The van der Waals surface area contributed by atoms with Gasteiger partial charge in [-0.2, -0.15) is 0 Å². The SMILES string of the molecule is O=C1C(=O)N(CN2CCC[C@H](O)C2)c2ccccc21. The molecule has 1 atom stereocenters. The Morgan fingerprint density at radius 3 is 2.84 bits per heavy atom. The lowest BCUT2D eigenvalue weighted by Gasteiger charge is -2.33. The van der Waals surface area contributed by atoms with E-state index in [0.29, 0.717) is 24.5 Å². The lowest BCUT2D eigenvalue weighted by atomic mass is 10.1. The van der Waals surface area contributed by atoms with Crippen LogP contribution in [-0.2, 0) is 4.79 Å². The molecule has 1 aromatic carbocycles. The number of amides is 1. The minimum absolute atomic E-state index is 0.336. The summed E-state index contributed by atoms with van der Waals surface area (Å²) in [6.07, 6.45) is 1.39. The number of para-hydroxylation sites is 1. The number of fused-ring (bicyclic) bond motifs is 1. The molecule has 2 aliphatic rings. The summed E-state index contributed by atoms with van der Waals surface area (Å²) in [6, 6.07) is 7.06. The summed E-state index contributed by atoms with van der Waals surface area (Å²) in [7, 11) is 0. The van der Waals surface area contributed by atoms with Gasteiger partial charge in [-0.3, -0.25) is 19.4 Å². The molecule has 100 valence electrons. The molecule has 1 fully saturated rings. The molecule has 2 heterocycles. The van der Waals surface area contributed by atoms with E-state index in [9.17, 15) is 14.7 Å². The number of hydrogen-bond acceptors (Lipinski definition) is 4. The molecule has 0 radical (unpaired) electrons. The third kappa shape index (κ3) is 2.15. The molecule has 0 saturated carbocycles. The van der Waals surface area contributed by atoms with Crippen molar-refractivity contribution in [2.24, 2.45) is 0 Å². The highest BCUT2D eigenvalue weighted by Crippen LogP contribution is 2.28. The van der Waals surface area contributed by atoms with Crippen LogP contribution in [-0.4, -0.2) is 47.6 Å². The van der Waals surface area contributed by atoms with E-state index in [1.807, 2.05) is 11.0 Å². The first kappa shape index (κ1) is 12.3. The zero-order chi connectivity index (χ0) is 13.4. The van der Waals surface area contributed by atoms with Gasteiger partial charge in [0.25, 0.3) is 5.78 Å². The van der Waals surface area contributed by atoms with Crippen LogP contribution in [0.3, 0.4) is 0 Å². The molecule has 3 rings (SSSR count). The van der Waals surface area contributed by atoms with Crippen molar-refractivity contribution in [3.63, 3.8) is 0 Å². The minimum Gasteiger partial charge on any atom is -0.392 e. The van der Waals surface area contributed by atoms with E-state index in [-0.39, 0.29) is 6.10 Å². The zero-order valence-corrected chi connectivity index (χ0v) is 10.6. The fraction of sp³-hybridized carbons (Fsp3) is 0.429. The van der Waals surface area contributed by atoms with Crippen LogP contribution in [0.5, 0.6) is 0 Å². The van der Waals surface area contributed by atoms with Crippen LogP contribution in [0.15, 0.2) is 24.3 Å². The van der Waals surface area contributed by atoms with Gasteiger partial charge in [0.2, 0.25) is 0 Å². The smallest absolute Gasteiger partial charge is 0.300 e. The van der Waals surface area contributed by atoms with Gasteiger partial charge < -0.3 is 5.11 Å². The maximum absolute atomic E-state index is 12.0. The number of ketones is 1. The quantitative estimate of drug-likeness (QED) is 0.792. The number of anilines is 1. The molecule has 1 aromatic rings. The third-order valence-electron chi connectivity index (χ3n) is 3.70. The molecule has 0 spiro atoms. The number of nitrogens with zero attached hydrogens (tertiary/aromatic N) is 2. The number of aliphatic hydroxyl groups excluding tert-OH is 1. The monoisotopic (exact) mass is 260 g/mol. The second-order valence-corrected chi connectivity index (χ2v) is 5.09. The first-order chi connectivity index (χ1) is 9.16. The van der Waals surface area contributed by atoms with Gasteiger partial charge in [0.05, 0.1) is 24.0 Å². The maximum atomic E-state index is 12.0. The lowest BCUT2D eigenvalue weighted by molar-refractivity contribution is -0.114. The van der Waals surface area contributed by atoms with Crippen molar-refractivity contribution in [1.82, 2.24) is 4.90 Å². The number of aliphatic hydroxyl groups is 1. The van der Waals surface area contributed by atoms with Gasteiger partial charge in [0.1, 0.15) is 0 Å². The summed E-state index contributed by atoms with van der Waals surface area (Å²) in [4.78, 5) is 27.4. The fourth-order valence-electron chi connectivity index (χ4n) is 2.75. The summed E-state index contributed by atoms with van der Waals surface area (Å²) in [5, 5.41) is 9.65. The van der Waals surface area contributed by atoms with Gasteiger partial charge in [-0.1, -0.05) is 12.1 Å². The van der Waals surface area contributed by atoms with Gasteiger partial charge in [-0.15, -0.1) is 0 Å². The number of β-amino-alcohol motifs (C(OH)–C–C–N with tert-alkyl or cyclic N) is 1. The first-order valence-corrected chi connectivity index (χ1v) is 6.52. The van der Waals surface area contributed by atoms with Crippen LogP contribution in [0.25, 0.3) is 0 Å². The zero-order valence-electron chi connectivity index (χ0n) is 10.6. The van der Waals surface area contributed by atoms with Crippen molar-refractivity contribution >= 4 is 17.4 Å². The highest BCUT2D eigenvalue weighted by molar-refractivity contribution is 6.52. The second-order valence-electron chi connectivity index (χ2n) is 5.09. The van der Waals surface area contributed by atoms with Gasteiger partial charge in [-0.25, -0.2) is 0 Å². The molecule has 1 saturated heterocycles. The molecule has 0 unspecified atom stereocenters. The number of hydrogen-bond donors (Lipinski definition) is 1. The Labute approximate surface area is 111 Å². The Hall–Kier alpha value is -1.72. The first-order valence-electron chi connectivity index (χ1n) is 6.52. The van der Waals surface area contributed by atoms with Crippen molar-refractivity contribution in [2.45, 2.75) is 18.9 Å². The number of carbonyl (C=O) groups excluding carboxylic acids is 2. The van der Waals surface area contributed by atoms with E-state index in [2.05, 4.69) is 0 Å². The molecule has 2 aliphatic heterocycles. The summed E-state index contributed by atoms with van der Waals surface area (Å²) in [5.74, 6) is -0.908. The van der Waals surface area contributed by atoms with E-state index in [1.165, 1.54) is 4.90 Å². The second kappa shape index (κ2) is 4.75. The summed E-state index contributed by atoms with van der Waals surface area (Å²) in [5.41, 5.74) is 1.16. The van der Waals surface area contributed by atoms with Gasteiger partial charge in [0.15, 0.2) is 0 Å². The van der Waals surface area contributed by atoms with E-state index in [0.717, 1.165) is 19.4 Å². The molecular weight excluding hydrogens is 244 g/mol. The van der Waals surface area contributed by atoms with E-state index >= 15 is 0 Å². The Kier molecular flexibility index (Phi) is 3.08. The van der Waals surface area contributed by atoms with Crippen molar-refractivity contribution in [2.75, 3.05) is 24.7 Å². The van der Waals surface area contributed by atoms with Crippen LogP contribution in [0.1, 0.15) is 23.2 Å². The standard InChI is InChI=1S/C14H16N2O3/c17-10-4-3-7-15(8-10)9-16-12-6-2-1-5-11(12)13(18)14(16)19/h1-2,5-6,10,17H,3-4,7-9H2/t10-/m0/s1. The number of benzene rings is 1. The van der Waals surface area contributed by atoms with Crippen LogP contribution < -0.4 is 4.90 Å². The van der Waals surface area contributed by atoms with Crippen molar-refractivity contribution in [3.8, 4) is 0 Å². The minimum atomic E-state index is -0.471. The number of rotatable bonds is 2. The number of likely N-dealkylation sites (tertiary alicyclic amines) is 1. The van der Waals surface area contributed by atoms with Gasteiger partial charge in [0, 0.05) is 13.1 Å². The van der Waals surface area contributed by atoms with Crippen molar-refractivity contribution < 1.29 is 14.7 Å². The van der Waals surface area contributed by atoms with Gasteiger partial charge >= 0.3 is 5.91 Å². The predicted molar refractivity (Wildman–Crippen MR) is 69.9 cm³/mol. The summed E-state index contributed by atoms with van der Waals surface area (Å²) < 4.78 is 0. The topological polar surface area (TPSA) is 60.9 Å². The van der Waals surface area contributed by atoms with Gasteiger partial charge in [-0.05, 0) is 25.0 Å². The Morgan fingerprint density at radius 1 is 1.26 bits per heavy atom. The van der Waals surface area contributed by atoms with Crippen LogP contribution in [0.2, 0.25) is 0 Å². The Bertz CT molecular complexity index is 529. The molecule has 1 amide bonds. The molecule has 0 bridgehead atoms. The van der Waals surface area contributed by atoms with Crippen LogP contribution in [0.4, 0.5) is 5.69 Å². The molecule has 0 aromatic heterocycles. The Morgan fingerprint density at radius 2 is 2.05 bits per heavy atom. The normalized spacial score (nSPS) is 23.8. The molecule has 5 heteroatoms. The van der Waals surface area contributed by atoms with Crippen LogP contribution >= 0.6 is 0 Å². The number of Topliss-reactive ketones (excluding diaryl/α,β-unsaturated/α-hetero) is 1. The Balaban J connectivity index is 1.81. The number of piperidine rings is 1. The molecule has 19 heavy (non-hydrogen) atoms. The maximum Gasteiger partial charge on any atom is 0.300 e. The predicted octanol–water partition coefficient (Wildman–Crippen LogP) is 0.630. The average Bonchev–Trinajstić information content (AvgIpc) is 2.65. The largest absolute Gasteiger partial charge is 0.392 e. The average molecular weight is 260 g/mol. The fourth-order valence-corrected chi connectivity index (χ4v) is 2.75. The summed E-state index contributed by atoms with van der Waals surface area (Å²) in [6.45, 7) is 1.77. The third-order valence-corrected chi connectivity index (χ3v) is 3.70. The molecule has 5 nitrogen and oxygen atoms in total. The van der Waals surface area contributed by atoms with E-state index < -0.39 is 11.7 Å². The van der Waals surface area contributed by atoms with Crippen molar-refractivity contribution in [3.05, 3.63) is 29.8 Å². The highest BCUT2D eigenvalue weighted by Gasteiger charge is 2.36. The van der Waals surface area contributed by atoms with Crippen LogP contribution in [0, 0.1) is 0 Å². The summed E-state index contributed by atoms with van der Waals surface area (Å²) >= 11 is 0. The van der Waals surface area contributed by atoms with Crippen molar-refractivity contribution in [1.29, 1.82) is 0 Å². The molecule has 1 N–H and O–H groups in total. The van der Waals surface area contributed by atoms with E-state index in [4.69, 9.17) is 0 Å². The number of carbonyl (C=O) groups is 2. The molecule has 0 aliphatic carbocycles. The lowest BCUT2D eigenvalue weighted by Crippen LogP contribution is -2.46.